The van der Waals surface area contributed by atoms with Gasteiger partial charge in [0.05, 0.1) is 29.3 Å². The summed E-state index contributed by atoms with van der Waals surface area (Å²) < 4.78 is 24.4. The highest BCUT2D eigenvalue weighted by Crippen LogP contribution is 2.35. The van der Waals surface area contributed by atoms with Gasteiger partial charge in [-0.15, -0.1) is 0 Å². The van der Waals surface area contributed by atoms with Gasteiger partial charge in [-0.3, -0.25) is 14.6 Å². The van der Waals surface area contributed by atoms with Crippen LogP contribution in [0.4, 0.5) is 11.4 Å². The van der Waals surface area contributed by atoms with Crippen LogP contribution in [0.5, 0.6) is 0 Å². The first-order chi connectivity index (χ1) is 15.1. The Bertz CT molecular complexity index is 1200. The van der Waals surface area contributed by atoms with Crippen LogP contribution in [0, 0.1) is 13.8 Å². The van der Waals surface area contributed by atoms with E-state index >= 15 is 0 Å². The Morgan fingerprint density at radius 1 is 1.12 bits per heavy atom. The smallest absolute Gasteiger partial charge is 0.234 e. The zero-order valence-electron chi connectivity index (χ0n) is 18.2. The summed E-state index contributed by atoms with van der Waals surface area (Å²) >= 11 is 1.28. The van der Waals surface area contributed by atoms with Gasteiger partial charge in [-0.25, -0.2) is 8.42 Å². The summed E-state index contributed by atoms with van der Waals surface area (Å²) in [6.07, 6.45) is 0. The number of ketones is 1. The highest BCUT2D eigenvalue weighted by atomic mass is 32.2. The number of fused-ring (bicyclic) bond motifs is 1. The van der Waals surface area contributed by atoms with Crippen molar-refractivity contribution in [2.24, 2.45) is 4.99 Å². The first kappa shape index (κ1) is 22.5. The minimum absolute atomic E-state index is 0.000767. The first-order valence-corrected chi connectivity index (χ1v) is 13.1. The Kier molecular flexibility index (Phi) is 6.13. The van der Waals surface area contributed by atoms with E-state index in [0.29, 0.717) is 16.4 Å². The van der Waals surface area contributed by atoms with E-state index in [1.54, 1.807) is 18.2 Å². The van der Waals surface area contributed by atoms with Gasteiger partial charge in [-0.1, -0.05) is 42.1 Å². The molecule has 0 aliphatic carbocycles. The molecular formula is C23H25N3O4S2. The second-order valence-corrected chi connectivity index (χ2v) is 11.3. The molecule has 0 radical (unpaired) electrons. The number of amidine groups is 1. The van der Waals surface area contributed by atoms with E-state index in [1.807, 2.05) is 43.0 Å². The fraction of sp³-hybridized carbons (Fsp3) is 0.348. The zero-order valence-corrected chi connectivity index (χ0v) is 19.8. The number of hydrogen-bond acceptors (Lipinski definition) is 7. The SMILES string of the molecule is CC(=O)c1cccc(N2C(SCC(=O)Nc3c(C)cccc3C)=NC3CS(=O)(=O)CC32)c1. The quantitative estimate of drug-likeness (QED) is 0.673. The van der Waals surface area contributed by atoms with Gasteiger partial charge in [0.15, 0.2) is 20.8 Å². The molecule has 2 aromatic carbocycles. The number of nitrogens with zero attached hydrogens (tertiary/aromatic N) is 2. The van der Waals surface area contributed by atoms with Crippen LogP contribution in [0.25, 0.3) is 0 Å². The largest absolute Gasteiger partial charge is 0.325 e. The minimum atomic E-state index is -3.18. The predicted molar refractivity (Wildman–Crippen MR) is 130 cm³/mol. The van der Waals surface area contributed by atoms with E-state index in [-0.39, 0.29) is 41.0 Å². The van der Waals surface area contributed by atoms with E-state index in [2.05, 4.69) is 10.3 Å². The Labute approximate surface area is 192 Å². The van der Waals surface area contributed by atoms with Crippen LogP contribution in [0.3, 0.4) is 0 Å². The number of aryl methyl sites for hydroxylation is 2. The number of sulfone groups is 1. The van der Waals surface area contributed by atoms with Gasteiger partial charge < -0.3 is 10.2 Å². The highest BCUT2D eigenvalue weighted by Gasteiger charge is 2.47. The van der Waals surface area contributed by atoms with Crippen LogP contribution < -0.4 is 10.2 Å². The molecule has 0 bridgehead atoms. The van der Waals surface area contributed by atoms with Crippen molar-refractivity contribution in [3.63, 3.8) is 0 Å². The molecule has 1 saturated heterocycles. The van der Waals surface area contributed by atoms with Crippen LogP contribution in [0.2, 0.25) is 0 Å². The number of anilines is 2. The summed E-state index contributed by atoms with van der Waals surface area (Å²) in [6.45, 7) is 5.39. The lowest BCUT2D eigenvalue weighted by molar-refractivity contribution is -0.113. The molecule has 7 nitrogen and oxygen atoms in total. The molecule has 2 aliphatic heterocycles. The number of aliphatic imine (C=N–C) groups is 1. The summed E-state index contributed by atoms with van der Waals surface area (Å²) in [5, 5.41) is 3.57. The van der Waals surface area contributed by atoms with Crippen molar-refractivity contribution in [1.82, 2.24) is 0 Å². The van der Waals surface area contributed by atoms with Crippen LogP contribution in [0.15, 0.2) is 47.5 Å². The van der Waals surface area contributed by atoms with Gasteiger partial charge in [0, 0.05) is 16.9 Å². The lowest BCUT2D eigenvalue weighted by atomic mass is 10.1. The predicted octanol–water partition coefficient (Wildman–Crippen LogP) is 3.22. The number of hydrogen-bond donors (Lipinski definition) is 1. The van der Waals surface area contributed by atoms with Gasteiger partial charge in [-0.2, -0.15) is 0 Å². The molecule has 1 N–H and O–H groups in total. The number of Topliss-reactive ketones (excluding diaryl/α,β-unsaturated/α-hetero) is 1. The molecule has 2 heterocycles. The third-order valence-electron chi connectivity index (χ3n) is 5.72. The van der Waals surface area contributed by atoms with Crippen LogP contribution in [0.1, 0.15) is 28.4 Å². The number of carbonyl (C=O) groups excluding carboxylic acids is 2. The molecule has 1 amide bonds. The molecule has 2 atom stereocenters. The zero-order chi connectivity index (χ0) is 23.0. The number of thioether (sulfide) groups is 1. The monoisotopic (exact) mass is 471 g/mol. The third-order valence-corrected chi connectivity index (χ3v) is 8.38. The van der Waals surface area contributed by atoms with Crippen LogP contribution >= 0.6 is 11.8 Å². The molecule has 2 aliphatic rings. The van der Waals surface area contributed by atoms with Gasteiger partial charge in [0.1, 0.15) is 0 Å². The van der Waals surface area contributed by atoms with Gasteiger partial charge in [0.2, 0.25) is 5.91 Å². The molecule has 0 saturated carbocycles. The number of para-hydroxylation sites is 1. The van der Waals surface area contributed by atoms with E-state index < -0.39 is 9.84 Å². The van der Waals surface area contributed by atoms with Crippen LogP contribution in [-0.4, -0.2) is 54.6 Å². The number of amides is 1. The van der Waals surface area contributed by atoms with Crippen molar-refractivity contribution in [3.05, 3.63) is 59.2 Å². The van der Waals surface area contributed by atoms with Gasteiger partial charge in [-0.05, 0) is 44.0 Å². The molecule has 0 aromatic heterocycles. The lowest BCUT2D eigenvalue weighted by Crippen LogP contribution is -2.39. The maximum Gasteiger partial charge on any atom is 0.234 e. The highest BCUT2D eigenvalue weighted by molar-refractivity contribution is 8.14. The van der Waals surface area contributed by atoms with E-state index in [4.69, 9.17) is 0 Å². The van der Waals surface area contributed by atoms with Crippen molar-refractivity contribution in [3.8, 4) is 0 Å². The standard InChI is InChI=1S/C23H25N3O4S2/c1-14-6-4-7-15(2)22(14)25-21(28)11-31-23-24-19-12-32(29,30)13-20(19)26(23)18-9-5-8-17(10-18)16(3)27/h4-10,19-20H,11-13H2,1-3H3,(H,25,28). The van der Waals surface area contributed by atoms with E-state index in [9.17, 15) is 18.0 Å². The first-order valence-electron chi connectivity index (χ1n) is 10.3. The molecule has 2 unspecified atom stereocenters. The Morgan fingerprint density at radius 2 is 1.81 bits per heavy atom. The van der Waals surface area contributed by atoms with Gasteiger partial charge >= 0.3 is 0 Å². The lowest BCUT2D eigenvalue weighted by Gasteiger charge is -2.26. The molecular weight excluding hydrogens is 446 g/mol. The van der Waals surface area contributed by atoms with Crippen LogP contribution in [-0.2, 0) is 14.6 Å². The van der Waals surface area contributed by atoms with Crippen molar-refractivity contribution in [1.29, 1.82) is 0 Å². The fourth-order valence-corrected chi connectivity index (χ4v) is 6.89. The maximum atomic E-state index is 12.7. The average Bonchev–Trinajstić information content (AvgIpc) is 3.20. The number of nitrogens with one attached hydrogen (secondary N) is 1. The Balaban J connectivity index is 1.55. The van der Waals surface area contributed by atoms with E-state index in [1.165, 1.54) is 18.7 Å². The molecule has 32 heavy (non-hydrogen) atoms. The molecule has 9 heteroatoms. The minimum Gasteiger partial charge on any atom is -0.325 e. The van der Waals surface area contributed by atoms with Crippen molar-refractivity contribution in [2.45, 2.75) is 32.9 Å². The van der Waals surface area contributed by atoms with Crippen molar-refractivity contribution >= 4 is 49.8 Å². The Morgan fingerprint density at radius 3 is 2.50 bits per heavy atom. The molecule has 2 aromatic rings. The molecule has 0 spiro atoms. The second-order valence-electron chi connectivity index (χ2n) is 8.20. The second kappa shape index (κ2) is 8.71. The summed E-state index contributed by atoms with van der Waals surface area (Å²) in [4.78, 5) is 31.1. The third kappa shape index (κ3) is 4.59. The summed E-state index contributed by atoms with van der Waals surface area (Å²) in [5.74, 6) is -0.0802. The maximum absolute atomic E-state index is 12.7. The topological polar surface area (TPSA) is 95.9 Å². The fourth-order valence-electron chi connectivity index (χ4n) is 4.13. The number of benzene rings is 2. The summed E-state index contributed by atoms with van der Waals surface area (Å²) in [6, 6.07) is 12.2. The molecule has 1 fully saturated rings. The Hall–Kier alpha value is -2.65. The summed E-state index contributed by atoms with van der Waals surface area (Å²) in [5.41, 5.74) is 4.04. The number of carbonyl (C=O) groups is 2. The number of rotatable bonds is 5. The van der Waals surface area contributed by atoms with Crippen molar-refractivity contribution in [2.75, 3.05) is 27.5 Å². The van der Waals surface area contributed by atoms with E-state index in [0.717, 1.165) is 16.8 Å². The molecule has 168 valence electrons. The van der Waals surface area contributed by atoms with Gasteiger partial charge in [0.25, 0.3) is 0 Å². The average molecular weight is 472 g/mol. The molecule has 4 rings (SSSR count). The normalized spacial score (nSPS) is 21.2. The summed E-state index contributed by atoms with van der Waals surface area (Å²) in [7, 11) is -3.18. The van der Waals surface area contributed by atoms with Crippen molar-refractivity contribution < 1.29 is 18.0 Å².